The molecule has 41 heavy (non-hydrogen) atoms. The summed E-state index contributed by atoms with van der Waals surface area (Å²) < 4.78 is 26.7. The van der Waals surface area contributed by atoms with Crippen molar-refractivity contribution in [3.63, 3.8) is 0 Å². The van der Waals surface area contributed by atoms with Crippen LogP contribution in [0, 0.1) is 5.92 Å². The lowest BCUT2D eigenvalue weighted by Gasteiger charge is -2.25. The molecule has 0 radical (unpaired) electrons. The minimum Gasteiger partial charge on any atom is -0.461 e. The van der Waals surface area contributed by atoms with Crippen LogP contribution in [-0.2, 0) is 18.8 Å². The lowest BCUT2D eigenvalue weighted by molar-refractivity contribution is -0.152. The number of hydrogen-bond acceptors (Lipinski definition) is 11. The zero-order valence-corrected chi connectivity index (χ0v) is 24.8. The fraction of sp³-hybridized carbons (Fsp3) is 0.556. The molecule has 3 heterocycles. The lowest BCUT2D eigenvalue weighted by atomic mass is 10.1. The van der Waals surface area contributed by atoms with Gasteiger partial charge in [0.05, 0.1) is 19.0 Å². The molecule has 0 spiro atoms. The van der Waals surface area contributed by atoms with E-state index in [9.17, 15) is 4.79 Å². The van der Waals surface area contributed by atoms with Crippen LogP contribution in [-0.4, -0.2) is 56.9 Å². The number of halogens is 1. The van der Waals surface area contributed by atoms with Crippen molar-refractivity contribution in [2.75, 3.05) is 18.7 Å². The maximum atomic E-state index is 13.1. The molecule has 4 unspecified atom stereocenters. The number of ether oxygens (including phenoxy) is 2. The predicted molar refractivity (Wildman–Crippen MR) is 154 cm³/mol. The SMILES string of the molecule is CC1CC(COP(NC2(C(=O)OC3CCCC3)CC2)Oc2ccc(Cl)cc2)OC1n1cnc2c(N(C)N)ncnc21. The smallest absolute Gasteiger partial charge is 0.327 e. The van der Waals surface area contributed by atoms with Gasteiger partial charge in [0, 0.05) is 18.0 Å². The van der Waals surface area contributed by atoms with Crippen LogP contribution in [0.15, 0.2) is 36.9 Å². The molecule has 12 nitrogen and oxygen atoms in total. The summed E-state index contributed by atoms with van der Waals surface area (Å²) in [5.41, 5.74) is 0.476. The number of aromatic nitrogens is 4. The lowest BCUT2D eigenvalue weighted by Crippen LogP contribution is -2.40. The van der Waals surface area contributed by atoms with E-state index >= 15 is 0 Å². The summed E-state index contributed by atoms with van der Waals surface area (Å²) >= 11 is 6.07. The second-order valence-electron chi connectivity index (χ2n) is 11.1. The van der Waals surface area contributed by atoms with E-state index in [4.69, 9.17) is 36.0 Å². The Morgan fingerprint density at radius 2 is 2.00 bits per heavy atom. The predicted octanol–water partition coefficient (Wildman–Crippen LogP) is 4.64. The summed E-state index contributed by atoms with van der Waals surface area (Å²) in [6.07, 6.45) is 8.87. The normalized spacial score (nSPS) is 24.4. The maximum absolute atomic E-state index is 13.1. The summed E-state index contributed by atoms with van der Waals surface area (Å²) in [5, 5.41) is 5.39. The van der Waals surface area contributed by atoms with E-state index in [1.54, 1.807) is 37.6 Å². The van der Waals surface area contributed by atoms with Crippen LogP contribution in [0.25, 0.3) is 11.2 Å². The fourth-order valence-corrected chi connectivity index (χ4v) is 6.97. The number of rotatable bonds is 11. The van der Waals surface area contributed by atoms with Crippen LogP contribution in [0.1, 0.15) is 58.1 Å². The van der Waals surface area contributed by atoms with Crippen LogP contribution in [0.2, 0.25) is 5.02 Å². The Bertz CT molecular complexity index is 1370. The van der Waals surface area contributed by atoms with Crippen LogP contribution < -0.4 is 20.5 Å². The molecule has 1 saturated heterocycles. The molecular formula is C27H35ClN7O5P. The van der Waals surface area contributed by atoms with Gasteiger partial charge in [-0.3, -0.25) is 14.4 Å². The molecule has 1 aromatic carbocycles. The Balaban J connectivity index is 1.13. The molecule has 2 aliphatic carbocycles. The minimum absolute atomic E-state index is 0.00211. The third-order valence-electron chi connectivity index (χ3n) is 7.80. The standard InChI is InChI=1S/C27H35ClN7O5P/c1-17-13-21(38-25(17)35-16-32-22-23(34(2)29)30-15-31-24(22)35)14-37-41(40-20-9-7-18(28)8-10-20)33-27(11-12-27)26(36)39-19-5-3-4-6-19/h7-10,15-17,19,21,25,33H,3-6,11-14,29H2,1-2H3. The van der Waals surface area contributed by atoms with Crippen LogP contribution in [0.4, 0.5) is 5.82 Å². The number of carbonyl (C=O) groups excluding carboxylic acids is 1. The molecule has 220 valence electrons. The minimum atomic E-state index is -1.69. The summed E-state index contributed by atoms with van der Waals surface area (Å²) in [7, 11) is 0.0246. The van der Waals surface area contributed by atoms with Gasteiger partial charge in [0.2, 0.25) is 0 Å². The van der Waals surface area contributed by atoms with Crippen molar-refractivity contribution in [1.82, 2.24) is 24.6 Å². The monoisotopic (exact) mass is 603 g/mol. The molecule has 3 aromatic rings. The van der Waals surface area contributed by atoms with Gasteiger partial charge in [-0.05, 0) is 69.2 Å². The first kappa shape index (κ1) is 28.5. The first-order valence-corrected chi connectivity index (χ1v) is 15.5. The highest BCUT2D eigenvalue weighted by atomic mass is 35.5. The first-order chi connectivity index (χ1) is 19.8. The first-order valence-electron chi connectivity index (χ1n) is 14.0. The number of hydrazine groups is 1. The molecular weight excluding hydrogens is 569 g/mol. The number of fused-ring (bicyclic) bond motifs is 1. The number of esters is 1. The van der Waals surface area contributed by atoms with E-state index in [2.05, 4.69) is 27.0 Å². The molecule has 0 amide bonds. The Morgan fingerprint density at radius 1 is 1.24 bits per heavy atom. The average molecular weight is 604 g/mol. The zero-order chi connectivity index (χ0) is 28.6. The second kappa shape index (κ2) is 11.9. The number of hydrogen-bond donors (Lipinski definition) is 2. The average Bonchev–Trinajstić information content (AvgIpc) is 3.26. The number of nitrogens with zero attached hydrogens (tertiary/aromatic N) is 5. The molecule has 3 N–H and O–H groups in total. The van der Waals surface area contributed by atoms with E-state index in [0.717, 1.165) is 32.1 Å². The molecule has 3 fully saturated rings. The van der Waals surface area contributed by atoms with Crippen molar-refractivity contribution in [3.8, 4) is 5.75 Å². The highest BCUT2D eigenvalue weighted by molar-refractivity contribution is 7.45. The van der Waals surface area contributed by atoms with Gasteiger partial charge in [0.1, 0.15) is 29.9 Å². The van der Waals surface area contributed by atoms with Crippen molar-refractivity contribution in [1.29, 1.82) is 0 Å². The third-order valence-corrected chi connectivity index (χ3v) is 9.43. The number of carbonyl (C=O) groups is 1. The number of nitrogens with one attached hydrogen (secondary N) is 1. The number of imidazole rings is 1. The topological polar surface area (TPSA) is 139 Å². The summed E-state index contributed by atoms with van der Waals surface area (Å²) in [5.74, 6) is 7.01. The van der Waals surface area contributed by atoms with E-state index in [1.165, 1.54) is 11.3 Å². The molecule has 1 aliphatic heterocycles. The number of nitrogens with two attached hydrogens (primary N) is 1. The van der Waals surface area contributed by atoms with Gasteiger partial charge in [-0.1, -0.05) is 18.5 Å². The van der Waals surface area contributed by atoms with Crippen molar-refractivity contribution in [2.45, 2.75) is 75.8 Å². The number of anilines is 1. The summed E-state index contributed by atoms with van der Waals surface area (Å²) in [6, 6.07) is 7.07. The van der Waals surface area contributed by atoms with Crippen LogP contribution in [0.5, 0.6) is 5.75 Å². The second-order valence-corrected chi connectivity index (χ2v) is 12.7. The molecule has 14 heteroatoms. The van der Waals surface area contributed by atoms with Crippen LogP contribution in [0.3, 0.4) is 0 Å². The fourth-order valence-electron chi connectivity index (χ4n) is 5.40. The highest BCUT2D eigenvalue weighted by Gasteiger charge is 2.54. The van der Waals surface area contributed by atoms with Gasteiger partial charge < -0.3 is 18.5 Å². The zero-order valence-electron chi connectivity index (χ0n) is 23.1. The van der Waals surface area contributed by atoms with Crippen molar-refractivity contribution in [2.24, 2.45) is 11.8 Å². The van der Waals surface area contributed by atoms with Gasteiger partial charge in [-0.2, -0.15) is 0 Å². The molecule has 4 atom stereocenters. The molecule has 2 aromatic heterocycles. The summed E-state index contributed by atoms with van der Waals surface area (Å²) in [4.78, 5) is 26.3. The van der Waals surface area contributed by atoms with Gasteiger partial charge >= 0.3 is 14.5 Å². The quantitative estimate of drug-likeness (QED) is 0.137. The molecule has 0 bridgehead atoms. The van der Waals surface area contributed by atoms with E-state index in [-0.39, 0.29) is 36.9 Å². The van der Waals surface area contributed by atoms with Gasteiger partial charge in [-0.15, -0.1) is 0 Å². The van der Waals surface area contributed by atoms with E-state index in [1.807, 2.05) is 4.57 Å². The largest absolute Gasteiger partial charge is 0.461 e. The van der Waals surface area contributed by atoms with E-state index in [0.29, 0.717) is 40.6 Å². The van der Waals surface area contributed by atoms with E-state index < -0.39 is 14.1 Å². The van der Waals surface area contributed by atoms with Gasteiger partial charge in [-0.25, -0.2) is 25.9 Å². The van der Waals surface area contributed by atoms with Crippen molar-refractivity contribution >= 4 is 43.1 Å². The highest BCUT2D eigenvalue weighted by Crippen LogP contribution is 2.48. The number of benzene rings is 1. The van der Waals surface area contributed by atoms with Crippen LogP contribution >= 0.6 is 20.1 Å². The van der Waals surface area contributed by atoms with Gasteiger partial charge in [0.25, 0.3) is 0 Å². The Labute approximate surface area is 244 Å². The Morgan fingerprint density at radius 3 is 2.71 bits per heavy atom. The van der Waals surface area contributed by atoms with Gasteiger partial charge in [0.15, 0.2) is 17.0 Å². The molecule has 3 aliphatic rings. The third kappa shape index (κ3) is 6.28. The Kier molecular flexibility index (Phi) is 8.31. The molecule has 6 rings (SSSR count). The Hall–Kier alpha value is -2.60. The summed E-state index contributed by atoms with van der Waals surface area (Å²) in [6.45, 7) is 2.40. The van der Waals surface area contributed by atoms with Crippen molar-refractivity contribution < 1.29 is 23.3 Å². The maximum Gasteiger partial charge on any atom is 0.327 e. The molecule has 2 saturated carbocycles. The van der Waals surface area contributed by atoms with Crippen molar-refractivity contribution in [3.05, 3.63) is 41.9 Å².